The van der Waals surface area contributed by atoms with Crippen molar-refractivity contribution in [1.29, 1.82) is 0 Å². The second-order valence-electron chi connectivity index (χ2n) is 1.93. The summed E-state index contributed by atoms with van der Waals surface area (Å²) in [4.78, 5) is 3.05. The van der Waals surface area contributed by atoms with Gasteiger partial charge in [-0.2, -0.15) is 0 Å². The first kappa shape index (κ1) is 5.32. The van der Waals surface area contributed by atoms with E-state index in [-0.39, 0.29) is 0 Å². The molecule has 8 heavy (non-hydrogen) atoms. The summed E-state index contributed by atoms with van der Waals surface area (Å²) in [6.07, 6.45) is 3.24. The fourth-order valence-corrected chi connectivity index (χ4v) is 0.824. The molecule has 0 aliphatic carbocycles. The molecule has 0 unspecified atom stereocenters. The Bertz CT molecular complexity index is 116. The van der Waals surface area contributed by atoms with E-state index in [0.717, 1.165) is 25.2 Å². The zero-order valence-electron chi connectivity index (χ0n) is 4.72. The van der Waals surface area contributed by atoms with Gasteiger partial charge in [0.15, 0.2) is 0 Å². The molecule has 0 spiro atoms. The van der Waals surface area contributed by atoms with Crippen LogP contribution in [0.15, 0.2) is 0 Å². The number of hydrogen-bond acceptors (Lipinski definition) is 0. The summed E-state index contributed by atoms with van der Waals surface area (Å²) in [5, 5.41) is 2.97. The van der Waals surface area contributed by atoms with E-state index in [1.165, 1.54) is 6.42 Å². The maximum absolute atomic E-state index is 8.22. The first-order chi connectivity index (χ1) is 3.93. The van der Waals surface area contributed by atoms with Crippen LogP contribution in [-0.4, -0.2) is 17.2 Å². The number of hydrogen-bond donors (Lipinski definition) is 1. The smallest absolute Gasteiger partial charge is 0.326 e. The summed E-state index contributed by atoms with van der Waals surface area (Å²) in [6.45, 7) is 0.958. The molecular formula is C5H9N3. The predicted molar refractivity (Wildman–Crippen MR) is 30.5 cm³/mol. The summed E-state index contributed by atoms with van der Waals surface area (Å²) in [5.74, 6) is 0.733. The monoisotopic (exact) mass is 111 g/mol. The molecule has 0 amide bonds. The molecule has 1 heterocycles. The molecule has 1 rings (SSSR count). The van der Waals surface area contributed by atoms with E-state index < -0.39 is 0 Å². The summed E-state index contributed by atoms with van der Waals surface area (Å²) in [6, 6.07) is 0. The number of piperidine rings is 1. The lowest BCUT2D eigenvalue weighted by molar-refractivity contribution is -0.0153. The van der Waals surface area contributed by atoms with Crippen LogP contribution in [0.5, 0.6) is 0 Å². The molecule has 0 aromatic rings. The number of rotatable bonds is 0. The Morgan fingerprint density at radius 3 is 2.75 bits per heavy atom. The molecule has 0 bridgehead atoms. The van der Waals surface area contributed by atoms with E-state index in [1.54, 1.807) is 0 Å². The zero-order valence-corrected chi connectivity index (χ0v) is 4.72. The Kier molecular flexibility index (Phi) is 1.65. The third-order valence-electron chi connectivity index (χ3n) is 1.29. The minimum atomic E-state index is 0.733. The minimum Gasteiger partial charge on any atom is -0.498 e. The zero-order chi connectivity index (χ0) is 5.82. The highest BCUT2D eigenvalue weighted by Gasteiger charge is 2.10. The van der Waals surface area contributed by atoms with Crippen molar-refractivity contribution in [3.8, 4) is 0 Å². The molecule has 1 aliphatic heterocycles. The fraction of sp³-hybridized carbons (Fsp3) is 0.800. The van der Waals surface area contributed by atoms with Gasteiger partial charge in [0.2, 0.25) is 0 Å². The molecule has 44 valence electrons. The van der Waals surface area contributed by atoms with E-state index in [9.17, 15) is 0 Å². The quantitative estimate of drug-likeness (QED) is 0.356. The highest BCUT2D eigenvalue weighted by Crippen LogP contribution is 1.98. The van der Waals surface area contributed by atoms with E-state index in [0.29, 0.717) is 0 Å². The summed E-state index contributed by atoms with van der Waals surface area (Å²) in [7, 11) is 0. The standard InChI is InChI=1S/C5H9N3/c6-8-5-3-1-2-4-7-5/h7H,1-4H2. The molecule has 1 aliphatic rings. The van der Waals surface area contributed by atoms with Crippen molar-refractivity contribution >= 4 is 5.84 Å². The van der Waals surface area contributed by atoms with Crippen LogP contribution in [-0.2, 0) is 0 Å². The SMILES string of the molecule is [N-]=[N+]=C1CCCCN1. The maximum atomic E-state index is 8.22. The van der Waals surface area contributed by atoms with Gasteiger partial charge >= 0.3 is 5.84 Å². The van der Waals surface area contributed by atoms with Gasteiger partial charge in [-0.3, -0.25) is 5.32 Å². The highest BCUT2D eigenvalue weighted by molar-refractivity contribution is 5.76. The van der Waals surface area contributed by atoms with Crippen LogP contribution in [0.1, 0.15) is 19.3 Å². The predicted octanol–water partition coefficient (Wildman–Crippen LogP) is 0.388. The van der Waals surface area contributed by atoms with Crippen molar-refractivity contribution in [2.75, 3.05) is 6.54 Å². The third-order valence-corrected chi connectivity index (χ3v) is 1.29. The van der Waals surface area contributed by atoms with Gasteiger partial charge in [0.1, 0.15) is 0 Å². The largest absolute Gasteiger partial charge is 0.498 e. The van der Waals surface area contributed by atoms with Gasteiger partial charge in [-0.15, -0.1) is 0 Å². The summed E-state index contributed by atoms with van der Waals surface area (Å²) in [5.41, 5.74) is 8.22. The molecule has 1 fully saturated rings. The molecule has 3 nitrogen and oxygen atoms in total. The minimum absolute atomic E-state index is 0.733. The second-order valence-corrected chi connectivity index (χ2v) is 1.93. The highest BCUT2D eigenvalue weighted by atomic mass is 15.0. The van der Waals surface area contributed by atoms with Crippen molar-refractivity contribution in [3.05, 3.63) is 5.53 Å². The van der Waals surface area contributed by atoms with E-state index in [2.05, 4.69) is 10.1 Å². The topological polar surface area (TPSA) is 48.4 Å². The number of nitrogens with one attached hydrogen (secondary N) is 1. The van der Waals surface area contributed by atoms with Gasteiger partial charge in [-0.05, 0) is 12.8 Å². The first-order valence-corrected chi connectivity index (χ1v) is 2.88. The third kappa shape index (κ3) is 1.07. The Labute approximate surface area is 48.3 Å². The second kappa shape index (κ2) is 2.48. The molecule has 0 aromatic heterocycles. The van der Waals surface area contributed by atoms with Gasteiger partial charge in [0, 0.05) is 0 Å². The lowest BCUT2D eigenvalue weighted by Gasteiger charge is -2.04. The van der Waals surface area contributed by atoms with Gasteiger partial charge in [-0.1, -0.05) is 0 Å². The lowest BCUT2D eigenvalue weighted by Crippen LogP contribution is -2.29. The van der Waals surface area contributed by atoms with Crippen molar-refractivity contribution in [1.82, 2.24) is 5.32 Å². The van der Waals surface area contributed by atoms with Gasteiger partial charge < -0.3 is 10.3 Å². The number of nitrogens with zero attached hydrogens (tertiary/aromatic N) is 2. The number of amidine groups is 1. The van der Waals surface area contributed by atoms with Gasteiger partial charge in [-0.25, -0.2) is 0 Å². The van der Waals surface area contributed by atoms with Gasteiger partial charge in [0.25, 0.3) is 0 Å². The molecule has 0 radical (unpaired) electrons. The van der Waals surface area contributed by atoms with Crippen molar-refractivity contribution < 1.29 is 4.79 Å². The fourth-order valence-electron chi connectivity index (χ4n) is 0.824. The molecule has 1 N–H and O–H groups in total. The van der Waals surface area contributed by atoms with Crippen LogP contribution in [0.4, 0.5) is 0 Å². The summed E-state index contributed by atoms with van der Waals surface area (Å²) >= 11 is 0. The van der Waals surface area contributed by atoms with E-state index in [4.69, 9.17) is 5.53 Å². The molecule has 0 atom stereocenters. The average Bonchev–Trinajstić information content (AvgIpc) is 1.90. The molecule has 3 heteroatoms. The Morgan fingerprint density at radius 2 is 2.38 bits per heavy atom. The molecule has 0 saturated carbocycles. The Hall–Kier alpha value is -0.820. The Balaban J connectivity index is 2.45. The van der Waals surface area contributed by atoms with Crippen molar-refractivity contribution in [3.63, 3.8) is 0 Å². The van der Waals surface area contributed by atoms with Crippen LogP contribution in [0, 0.1) is 0 Å². The van der Waals surface area contributed by atoms with Crippen LogP contribution < -0.4 is 5.32 Å². The van der Waals surface area contributed by atoms with Gasteiger partial charge in [0.05, 0.1) is 13.0 Å². The average molecular weight is 111 g/mol. The van der Waals surface area contributed by atoms with Crippen LogP contribution in [0.3, 0.4) is 0 Å². The van der Waals surface area contributed by atoms with Crippen LogP contribution >= 0.6 is 0 Å². The van der Waals surface area contributed by atoms with E-state index >= 15 is 0 Å². The molecule has 0 aromatic carbocycles. The molecular weight excluding hydrogens is 102 g/mol. The van der Waals surface area contributed by atoms with Crippen molar-refractivity contribution in [2.24, 2.45) is 0 Å². The van der Waals surface area contributed by atoms with E-state index in [1.807, 2.05) is 0 Å². The molecule has 1 saturated heterocycles. The van der Waals surface area contributed by atoms with Crippen LogP contribution in [0.25, 0.3) is 5.53 Å². The van der Waals surface area contributed by atoms with Crippen LogP contribution in [0.2, 0.25) is 0 Å². The normalized spacial score (nSPS) is 19.2. The first-order valence-electron chi connectivity index (χ1n) is 2.88. The maximum Gasteiger partial charge on any atom is 0.326 e. The van der Waals surface area contributed by atoms with Crippen molar-refractivity contribution in [2.45, 2.75) is 19.3 Å². The Morgan fingerprint density at radius 1 is 1.50 bits per heavy atom. The lowest BCUT2D eigenvalue weighted by atomic mass is 10.2. The summed E-state index contributed by atoms with van der Waals surface area (Å²) < 4.78 is 0.